The van der Waals surface area contributed by atoms with Crippen LogP contribution < -0.4 is 10.6 Å². The highest BCUT2D eigenvalue weighted by molar-refractivity contribution is 5.93. The molecule has 0 spiro atoms. The maximum absolute atomic E-state index is 12.1. The number of benzene rings is 1. The summed E-state index contributed by atoms with van der Waals surface area (Å²) in [5, 5.41) is 9.46. The first-order chi connectivity index (χ1) is 12.9. The molecule has 2 aromatic rings. The lowest BCUT2D eigenvalue weighted by molar-refractivity contribution is -0.115. The van der Waals surface area contributed by atoms with Gasteiger partial charge in [-0.05, 0) is 37.3 Å². The van der Waals surface area contributed by atoms with E-state index in [0.717, 1.165) is 5.56 Å². The number of hydrogen-bond donors (Lipinski definition) is 2. The lowest BCUT2D eigenvalue weighted by Crippen LogP contribution is -2.37. The highest BCUT2D eigenvalue weighted by Gasteiger charge is 2.17. The van der Waals surface area contributed by atoms with Gasteiger partial charge in [0.15, 0.2) is 0 Å². The second-order valence-electron chi connectivity index (χ2n) is 8.72. The van der Waals surface area contributed by atoms with Crippen LogP contribution in [0.1, 0.15) is 52.7 Å². The average molecular weight is 386 g/mol. The molecule has 7 nitrogen and oxygen atoms in total. The molecule has 0 aliphatic rings. The Kier molecular flexibility index (Phi) is 6.48. The second kappa shape index (κ2) is 8.46. The van der Waals surface area contributed by atoms with E-state index in [9.17, 15) is 9.59 Å². The first-order valence-corrected chi connectivity index (χ1v) is 9.32. The van der Waals surface area contributed by atoms with Crippen molar-refractivity contribution in [3.63, 3.8) is 0 Å². The molecule has 1 aromatic heterocycles. The zero-order valence-electron chi connectivity index (χ0n) is 17.5. The molecule has 0 saturated carbocycles. The van der Waals surface area contributed by atoms with Crippen LogP contribution in [0.2, 0.25) is 0 Å². The number of amides is 2. The van der Waals surface area contributed by atoms with Crippen LogP contribution in [0.5, 0.6) is 0 Å². The summed E-state index contributed by atoms with van der Waals surface area (Å²) in [6, 6.07) is 10.1. The fourth-order valence-corrected chi connectivity index (χ4v) is 2.50. The third kappa shape index (κ3) is 6.72. The van der Waals surface area contributed by atoms with E-state index >= 15 is 0 Å². The van der Waals surface area contributed by atoms with Gasteiger partial charge >= 0.3 is 6.09 Å². The predicted octanol–water partition coefficient (Wildman–Crippen LogP) is 3.69. The van der Waals surface area contributed by atoms with E-state index in [0.29, 0.717) is 12.4 Å². The van der Waals surface area contributed by atoms with Crippen molar-refractivity contribution < 1.29 is 14.3 Å². The number of ether oxygens (including phenoxy) is 1. The monoisotopic (exact) mass is 386 g/mol. The molecule has 0 radical (unpaired) electrons. The van der Waals surface area contributed by atoms with E-state index in [1.54, 1.807) is 37.7 Å². The minimum Gasteiger partial charge on any atom is -0.444 e. The Morgan fingerprint density at radius 2 is 1.68 bits per heavy atom. The first kappa shape index (κ1) is 21.5. The lowest BCUT2D eigenvalue weighted by atomic mass is 9.87. The maximum atomic E-state index is 12.1. The number of anilines is 1. The number of nitrogens with zero attached hydrogens (tertiary/aromatic N) is 2. The van der Waals surface area contributed by atoms with Crippen molar-refractivity contribution in [3.05, 3.63) is 47.7 Å². The number of carbonyl (C=O) groups excluding carboxylic acids is 2. The van der Waals surface area contributed by atoms with Crippen LogP contribution in [-0.2, 0) is 21.5 Å². The van der Waals surface area contributed by atoms with E-state index < -0.39 is 11.7 Å². The van der Waals surface area contributed by atoms with Crippen LogP contribution in [-0.4, -0.2) is 33.9 Å². The molecule has 0 fully saturated rings. The van der Waals surface area contributed by atoms with Crippen molar-refractivity contribution in [1.29, 1.82) is 0 Å². The molecule has 1 heterocycles. The van der Waals surface area contributed by atoms with Crippen LogP contribution in [0.25, 0.3) is 0 Å². The van der Waals surface area contributed by atoms with Gasteiger partial charge in [0.05, 0.1) is 12.7 Å². The quantitative estimate of drug-likeness (QED) is 0.821. The van der Waals surface area contributed by atoms with E-state index in [2.05, 4.69) is 60.8 Å². The summed E-state index contributed by atoms with van der Waals surface area (Å²) >= 11 is 0. The summed E-state index contributed by atoms with van der Waals surface area (Å²) in [5.74, 6) is 0.214. The fourth-order valence-electron chi connectivity index (χ4n) is 2.50. The highest BCUT2D eigenvalue weighted by Crippen LogP contribution is 2.22. The number of carbonyl (C=O) groups is 2. The van der Waals surface area contributed by atoms with Crippen molar-refractivity contribution >= 4 is 17.8 Å². The van der Waals surface area contributed by atoms with Gasteiger partial charge in [-0.15, -0.1) is 0 Å². The Morgan fingerprint density at radius 1 is 1.04 bits per heavy atom. The van der Waals surface area contributed by atoms with Crippen molar-refractivity contribution in [2.24, 2.45) is 0 Å². The topological polar surface area (TPSA) is 85.2 Å². The molecule has 0 aliphatic heterocycles. The average Bonchev–Trinajstić information content (AvgIpc) is 2.98. The Morgan fingerprint density at radius 3 is 2.25 bits per heavy atom. The summed E-state index contributed by atoms with van der Waals surface area (Å²) in [5.41, 5.74) is 1.84. The van der Waals surface area contributed by atoms with Crippen LogP contribution in [0.15, 0.2) is 36.5 Å². The van der Waals surface area contributed by atoms with Gasteiger partial charge in [-0.2, -0.15) is 5.10 Å². The normalized spacial score (nSPS) is 11.8. The third-order valence-corrected chi connectivity index (χ3v) is 3.93. The van der Waals surface area contributed by atoms with Gasteiger partial charge in [0.2, 0.25) is 5.91 Å². The fraction of sp³-hybridized carbons (Fsp3) is 0.476. The van der Waals surface area contributed by atoms with Crippen molar-refractivity contribution in [2.75, 3.05) is 11.9 Å². The van der Waals surface area contributed by atoms with Crippen LogP contribution >= 0.6 is 0 Å². The van der Waals surface area contributed by atoms with Crippen LogP contribution in [0, 0.1) is 0 Å². The van der Waals surface area contributed by atoms with Gasteiger partial charge in [-0.3, -0.25) is 4.79 Å². The largest absolute Gasteiger partial charge is 0.444 e. The van der Waals surface area contributed by atoms with Gasteiger partial charge in [0.25, 0.3) is 0 Å². The van der Waals surface area contributed by atoms with Gasteiger partial charge in [-0.1, -0.05) is 45.0 Å². The van der Waals surface area contributed by atoms with E-state index in [1.165, 1.54) is 5.56 Å². The van der Waals surface area contributed by atoms with Gasteiger partial charge in [0, 0.05) is 6.07 Å². The van der Waals surface area contributed by atoms with E-state index in [1.807, 2.05) is 0 Å². The zero-order valence-corrected chi connectivity index (χ0v) is 17.5. The van der Waals surface area contributed by atoms with Gasteiger partial charge < -0.3 is 15.4 Å². The maximum Gasteiger partial charge on any atom is 0.408 e. The molecule has 0 aliphatic carbocycles. The first-order valence-electron chi connectivity index (χ1n) is 9.32. The molecular formula is C21H30N4O3. The van der Waals surface area contributed by atoms with Crippen LogP contribution in [0.4, 0.5) is 10.6 Å². The van der Waals surface area contributed by atoms with Crippen molar-refractivity contribution in [2.45, 2.75) is 59.1 Å². The van der Waals surface area contributed by atoms with Crippen molar-refractivity contribution in [1.82, 2.24) is 15.1 Å². The molecule has 2 N–H and O–H groups in total. The number of nitrogens with one attached hydrogen (secondary N) is 2. The standard InChI is InChI=1S/C21H30N4O3/c1-20(2,3)16-9-7-15(8-10-16)14-25-17(11-12-23-25)24-18(26)13-22-19(27)28-21(4,5)6/h7-12H,13-14H2,1-6H3,(H,22,27)(H,24,26). The number of alkyl carbamates (subject to hydrolysis) is 1. The molecule has 28 heavy (non-hydrogen) atoms. The Bertz CT molecular complexity index is 811. The lowest BCUT2D eigenvalue weighted by Gasteiger charge is -2.19. The van der Waals surface area contributed by atoms with Gasteiger partial charge in [0.1, 0.15) is 18.0 Å². The predicted molar refractivity (Wildman–Crippen MR) is 109 cm³/mol. The van der Waals surface area contributed by atoms with Crippen LogP contribution in [0.3, 0.4) is 0 Å². The molecule has 2 amide bonds. The molecule has 7 heteroatoms. The molecule has 0 saturated heterocycles. The minimum absolute atomic E-state index is 0.102. The number of hydrogen-bond acceptors (Lipinski definition) is 4. The van der Waals surface area contributed by atoms with E-state index in [-0.39, 0.29) is 17.9 Å². The minimum atomic E-state index is -0.630. The Labute approximate surface area is 166 Å². The second-order valence-corrected chi connectivity index (χ2v) is 8.72. The molecule has 2 rings (SSSR count). The Hall–Kier alpha value is -2.83. The summed E-state index contributed by atoms with van der Waals surface area (Å²) in [6.07, 6.45) is 0.996. The summed E-state index contributed by atoms with van der Waals surface area (Å²) in [4.78, 5) is 23.8. The summed E-state index contributed by atoms with van der Waals surface area (Å²) < 4.78 is 6.82. The molecule has 0 bridgehead atoms. The number of aromatic nitrogens is 2. The molecular weight excluding hydrogens is 356 g/mol. The van der Waals surface area contributed by atoms with E-state index in [4.69, 9.17) is 4.74 Å². The molecule has 0 unspecified atom stereocenters. The van der Waals surface area contributed by atoms with Crippen molar-refractivity contribution in [3.8, 4) is 0 Å². The summed E-state index contributed by atoms with van der Waals surface area (Å²) in [7, 11) is 0. The molecule has 1 aromatic carbocycles. The molecule has 0 atom stereocenters. The summed E-state index contributed by atoms with van der Waals surface area (Å²) in [6.45, 7) is 12.2. The zero-order chi connectivity index (χ0) is 20.9. The molecule has 152 valence electrons. The Balaban J connectivity index is 1.93. The SMILES string of the molecule is CC(C)(C)OC(=O)NCC(=O)Nc1ccnn1Cc1ccc(C(C)(C)C)cc1. The highest BCUT2D eigenvalue weighted by atomic mass is 16.6. The third-order valence-electron chi connectivity index (χ3n) is 3.93. The number of rotatable bonds is 5. The van der Waals surface area contributed by atoms with Gasteiger partial charge in [-0.25, -0.2) is 9.48 Å². The smallest absolute Gasteiger partial charge is 0.408 e.